The van der Waals surface area contributed by atoms with E-state index < -0.39 is 23.3 Å². The van der Waals surface area contributed by atoms with Crippen LogP contribution in [0, 0.1) is 0 Å². The smallest absolute Gasteiger partial charge is 0.408 e. The first kappa shape index (κ1) is 15.6. The van der Waals surface area contributed by atoms with Crippen molar-refractivity contribution in [2.75, 3.05) is 19.8 Å². The molecule has 1 rings (SSSR count). The topological polar surface area (TPSA) is 117 Å². The number of carbonyl (C=O) groups is 1. The second-order valence-electron chi connectivity index (χ2n) is 5.49. The summed E-state index contributed by atoms with van der Waals surface area (Å²) in [6.07, 6.45) is -0.166. The van der Waals surface area contributed by atoms with E-state index in [1.165, 1.54) is 0 Å². The summed E-state index contributed by atoms with van der Waals surface area (Å²) in [5, 5.41) is 15.5. The van der Waals surface area contributed by atoms with Crippen molar-refractivity contribution in [1.29, 1.82) is 0 Å². The molecule has 0 saturated carbocycles. The Hall–Kier alpha value is -1.50. The molecule has 1 fully saturated rings. The van der Waals surface area contributed by atoms with Gasteiger partial charge in [-0.3, -0.25) is 0 Å². The van der Waals surface area contributed by atoms with Crippen LogP contribution >= 0.6 is 0 Å². The molecular formula is C11H20N4O4. The van der Waals surface area contributed by atoms with E-state index >= 15 is 0 Å². The molecule has 1 heterocycles. The predicted molar refractivity (Wildman–Crippen MR) is 67.6 cm³/mol. The van der Waals surface area contributed by atoms with Crippen molar-refractivity contribution >= 4 is 6.09 Å². The molecule has 108 valence electrons. The quantitative estimate of drug-likeness (QED) is 0.456. The summed E-state index contributed by atoms with van der Waals surface area (Å²) in [5.74, 6) is 0. The van der Waals surface area contributed by atoms with E-state index in [4.69, 9.17) is 15.0 Å². The minimum absolute atomic E-state index is 0.177. The number of azide groups is 1. The van der Waals surface area contributed by atoms with E-state index in [1.807, 2.05) is 0 Å². The van der Waals surface area contributed by atoms with Gasteiger partial charge < -0.3 is 19.9 Å². The van der Waals surface area contributed by atoms with Gasteiger partial charge in [-0.1, -0.05) is 5.11 Å². The van der Waals surface area contributed by atoms with Crippen molar-refractivity contribution < 1.29 is 19.4 Å². The molecule has 1 aliphatic heterocycles. The van der Waals surface area contributed by atoms with Gasteiger partial charge in [0.05, 0.1) is 24.8 Å². The molecule has 1 amide bonds. The van der Waals surface area contributed by atoms with E-state index in [0.717, 1.165) is 0 Å². The number of amides is 1. The van der Waals surface area contributed by atoms with Gasteiger partial charge >= 0.3 is 6.09 Å². The van der Waals surface area contributed by atoms with Crippen LogP contribution in [0.1, 0.15) is 27.2 Å². The molecule has 0 spiro atoms. The number of nitrogens with one attached hydrogen (secondary N) is 1. The standard InChI is InChI=1S/C11H20N4O4/c1-10(2,3)19-9(17)13-11(4-5-18-7-11)8(6-16)14-15-12/h8,16H,4-7H2,1-3H3,(H,13,17). The van der Waals surface area contributed by atoms with Crippen LogP contribution < -0.4 is 5.32 Å². The van der Waals surface area contributed by atoms with Crippen molar-refractivity contribution in [3.05, 3.63) is 10.4 Å². The molecule has 2 N–H and O–H groups in total. The summed E-state index contributed by atoms with van der Waals surface area (Å²) in [6.45, 7) is 5.48. The third-order valence-electron chi connectivity index (χ3n) is 2.80. The molecule has 1 aliphatic rings. The second-order valence-corrected chi connectivity index (χ2v) is 5.49. The predicted octanol–water partition coefficient (Wildman–Crippen LogP) is 1.34. The molecule has 0 aromatic rings. The van der Waals surface area contributed by atoms with Gasteiger partial charge in [-0.05, 0) is 32.7 Å². The van der Waals surface area contributed by atoms with E-state index in [9.17, 15) is 9.90 Å². The molecule has 0 bridgehead atoms. The lowest BCUT2D eigenvalue weighted by molar-refractivity contribution is 0.0396. The number of rotatable bonds is 4. The Morgan fingerprint density at radius 1 is 1.68 bits per heavy atom. The van der Waals surface area contributed by atoms with Crippen molar-refractivity contribution in [2.45, 2.75) is 44.4 Å². The minimum Gasteiger partial charge on any atom is -0.444 e. The first-order valence-corrected chi connectivity index (χ1v) is 6.07. The number of aliphatic hydroxyl groups is 1. The number of hydrogen-bond donors (Lipinski definition) is 2. The largest absolute Gasteiger partial charge is 0.444 e. The molecular weight excluding hydrogens is 252 g/mol. The summed E-state index contributed by atoms with van der Waals surface area (Å²) >= 11 is 0. The summed E-state index contributed by atoms with van der Waals surface area (Å²) in [5.41, 5.74) is 6.99. The van der Waals surface area contributed by atoms with E-state index in [-0.39, 0.29) is 13.2 Å². The number of nitrogens with zero attached hydrogens (tertiary/aromatic N) is 3. The molecule has 0 aliphatic carbocycles. The molecule has 2 unspecified atom stereocenters. The van der Waals surface area contributed by atoms with E-state index in [0.29, 0.717) is 13.0 Å². The Bertz CT molecular complexity index is 367. The molecule has 1 saturated heterocycles. The maximum Gasteiger partial charge on any atom is 0.408 e. The van der Waals surface area contributed by atoms with Crippen LogP contribution in [0.3, 0.4) is 0 Å². The molecule has 0 aromatic carbocycles. The van der Waals surface area contributed by atoms with Crippen LogP contribution in [0.5, 0.6) is 0 Å². The van der Waals surface area contributed by atoms with Crippen molar-refractivity contribution in [3.63, 3.8) is 0 Å². The molecule has 0 radical (unpaired) electrons. The van der Waals surface area contributed by atoms with Crippen LogP contribution in [0.4, 0.5) is 4.79 Å². The van der Waals surface area contributed by atoms with Crippen LogP contribution in [0.15, 0.2) is 5.11 Å². The number of carbonyl (C=O) groups excluding carboxylic acids is 1. The summed E-state index contributed by atoms with van der Waals surface area (Å²) in [7, 11) is 0. The highest BCUT2D eigenvalue weighted by atomic mass is 16.6. The van der Waals surface area contributed by atoms with Gasteiger partial charge in [0.1, 0.15) is 5.60 Å². The van der Waals surface area contributed by atoms with Crippen molar-refractivity contribution in [1.82, 2.24) is 5.32 Å². The first-order chi connectivity index (χ1) is 8.83. The molecule has 8 heteroatoms. The maximum absolute atomic E-state index is 11.8. The minimum atomic E-state index is -0.913. The Morgan fingerprint density at radius 3 is 2.79 bits per heavy atom. The fraction of sp³-hybridized carbons (Fsp3) is 0.909. The SMILES string of the molecule is CC(C)(C)OC(=O)NC1(C(CO)N=[N+]=[N-])CCOC1. The molecule has 2 atom stereocenters. The Kier molecular flexibility index (Phi) is 4.99. The highest BCUT2D eigenvalue weighted by Gasteiger charge is 2.44. The fourth-order valence-corrected chi connectivity index (χ4v) is 1.92. The van der Waals surface area contributed by atoms with Crippen LogP contribution in [0.2, 0.25) is 0 Å². The lowest BCUT2D eigenvalue weighted by Gasteiger charge is -2.34. The zero-order chi connectivity index (χ0) is 14.5. The summed E-state index contributed by atoms with van der Waals surface area (Å²) in [6, 6.07) is -0.785. The maximum atomic E-state index is 11.8. The van der Waals surface area contributed by atoms with E-state index in [1.54, 1.807) is 20.8 Å². The average Bonchev–Trinajstić information content (AvgIpc) is 2.72. The highest BCUT2D eigenvalue weighted by molar-refractivity contribution is 5.69. The third-order valence-corrected chi connectivity index (χ3v) is 2.80. The van der Waals surface area contributed by atoms with E-state index in [2.05, 4.69) is 15.3 Å². The zero-order valence-electron chi connectivity index (χ0n) is 11.4. The van der Waals surface area contributed by atoms with Gasteiger partial charge in [0.2, 0.25) is 0 Å². The first-order valence-electron chi connectivity index (χ1n) is 6.07. The Morgan fingerprint density at radius 2 is 2.37 bits per heavy atom. The van der Waals surface area contributed by atoms with Crippen LogP contribution in [-0.4, -0.2) is 48.2 Å². The Labute approximate surface area is 111 Å². The van der Waals surface area contributed by atoms with Crippen LogP contribution in [-0.2, 0) is 9.47 Å². The number of aliphatic hydroxyl groups excluding tert-OH is 1. The second kappa shape index (κ2) is 6.10. The molecule has 0 aromatic heterocycles. The Balaban J connectivity index is 2.82. The van der Waals surface area contributed by atoms with Crippen LogP contribution in [0.25, 0.3) is 10.4 Å². The monoisotopic (exact) mass is 272 g/mol. The van der Waals surface area contributed by atoms with Crippen molar-refractivity contribution in [3.8, 4) is 0 Å². The van der Waals surface area contributed by atoms with Gasteiger partial charge in [0, 0.05) is 11.5 Å². The van der Waals surface area contributed by atoms with Gasteiger partial charge in [-0.15, -0.1) is 0 Å². The van der Waals surface area contributed by atoms with Gasteiger partial charge in [0.25, 0.3) is 0 Å². The van der Waals surface area contributed by atoms with Gasteiger partial charge in [-0.25, -0.2) is 4.79 Å². The average molecular weight is 272 g/mol. The lowest BCUT2D eigenvalue weighted by atomic mass is 9.90. The number of hydrogen-bond acceptors (Lipinski definition) is 5. The van der Waals surface area contributed by atoms with Crippen molar-refractivity contribution in [2.24, 2.45) is 5.11 Å². The highest BCUT2D eigenvalue weighted by Crippen LogP contribution is 2.26. The zero-order valence-corrected chi connectivity index (χ0v) is 11.4. The lowest BCUT2D eigenvalue weighted by Crippen LogP contribution is -2.58. The van der Waals surface area contributed by atoms with Gasteiger partial charge in [-0.2, -0.15) is 0 Å². The fourth-order valence-electron chi connectivity index (χ4n) is 1.92. The third kappa shape index (κ3) is 4.27. The number of ether oxygens (including phenoxy) is 2. The number of alkyl carbamates (subject to hydrolysis) is 1. The molecule has 19 heavy (non-hydrogen) atoms. The molecule has 8 nitrogen and oxygen atoms in total. The summed E-state index contributed by atoms with van der Waals surface area (Å²) < 4.78 is 10.4. The van der Waals surface area contributed by atoms with Gasteiger partial charge in [0.15, 0.2) is 0 Å². The summed E-state index contributed by atoms with van der Waals surface area (Å²) in [4.78, 5) is 14.5. The normalized spacial score (nSPS) is 24.4.